The van der Waals surface area contributed by atoms with Crippen LogP contribution in [-0.4, -0.2) is 24.0 Å². The van der Waals surface area contributed by atoms with Crippen molar-refractivity contribution in [1.82, 2.24) is 0 Å². The van der Waals surface area contributed by atoms with Gasteiger partial charge in [0.1, 0.15) is 12.2 Å². The van der Waals surface area contributed by atoms with Crippen molar-refractivity contribution in [3.63, 3.8) is 0 Å². The van der Waals surface area contributed by atoms with Crippen molar-refractivity contribution in [1.29, 1.82) is 0 Å². The molecule has 0 bridgehead atoms. The highest BCUT2D eigenvalue weighted by molar-refractivity contribution is 5.97. The molecule has 0 radical (unpaired) electrons. The second-order valence-corrected chi connectivity index (χ2v) is 3.80. The first-order valence-corrected chi connectivity index (χ1v) is 5.36. The van der Waals surface area contributed by atoms with E-state index < -0.39 is 5.97 Å². The van der Waals surface area contributed by atoms with Crippen LogP contribution in [0, 0.1) is 18.8 Å². The van der Waals surface area contributed by atoms with Gasteiger partial charge in [-0.05, 0) is 31.5 Å². The van der Waals surface area contributed by atoms with Crippen LogP contribution in [0.1, 0.15) is 34.8 Å². The first kappa shape index (κ1) is 13.8. The highest BCUT2D eigenvalue weighted by Gasteiger charge is 2.09. The van der Waals surface area contributed by atoms with Gasteiger partial charge >= 0.3 is 5.97 Å². The van der Waals surface area contributed by atoms with E-state index in [1.807, 2.05) is 0 Å². The zero-order valence-corrected chi connectivity index (χ0v) is 10.5. The Kier molecular flexibility index (Phi) is 4.50. The van der Waals surface area contributed by atoms with Gasteiger partial charge in [-0.15, -0.1) is 0 Å². The Morgan fingerprint density at radius 3 is 2.61 bits per heavy atom. The SMILES string of the molecule is COC(=O)CC#Cc1cc(O)c(C(C)=O)cc1C. The minimum Gasteiger partial charge on any atom is -0.507 e. The molecule has 4 nitrogen and oxygen atoms in total. The molecule has 1 aromatic carbocycles. The molecule has 94 valence electrons. The predicted molar refractivity (Wildman–Crippen MR) is 66.4 cm³/mol. The molecule has 1 N–H and O–H groups in total. The Morgan fingerprint density at radius 1 is 1.39 bits per heavy atom. The number of carbonyl (C=O) groups is 2. The van der Waals surface area contributed by atoms with Gasteiger partial charge < -0.3 is 9.84 Å². The Hall–Kier alpha value is -2.28. The first-order chi connectivity index (χ1) is 8.45. The van der Waals surface area contributed by atoms with Gasteiger partial charge in [0.15, 0.2) is 5.78 Å². The third-order valence-corrected chi connectivity index (χ3v) is 2.41. The molecule has 0 spiro atoms. The number of phenolic OH excluding ortho intramolecular Hbond substituents is 1. The topological polar surface area (TPSA) is 63.6 Å². The number of phenols is 1. The van der Waals surface area contributed by atoms with Gasteiger partial charge in [0, 0.05) is 5.56 Å². The van der Waals surface area contributed by atoms with E-state index in [4.69, 9.17) is 0 Å². The standard InChI is InChI=1S/C14H14O4/c1-9-7-12(10(2)15)13(16)8-11(9)5-4-6-14(17)18-3/h7-8,16H,6H2,1-3H3. The number of esters is 1. The van der Waals surface area contributed by atoms with Crippen LogP contribution in [0.4, 0.5) is 0 Å². The van der Waals surface area contributed by atoms with E-state index in [0.29, 0.717) is 5.56 Å². The number of rotatable bonds is 2. The fourth-order valence-electron chi connectivity index (χ4n) is 1.40. The summed E-state index contributed by atoms with van der Waals surface area (Å²) in [5.41, 5.74) is 1.63. The summed E-state index contributed by atoms with van der Waals surface area (Å²) in [6.07, 6.45) is -0.00877. The van der Waals surface area contributed by atoms with E-state index >= 15 is 0 Å². The molecule has 1 aromatic rings. The van der Waals surface area contributed by atoms with E-state index in [1.54, 1.807) is 13.0 Å². The molecule has 0 aliphatic rings. The summed E-state index contributed by atoms with van der Waals surface area (Å²) in [7, 11) is 1.29. The Balaban J connectivity index is 3.02. The zero-order chi connectivity index (χ0) is 13.7. The molecular formula is C14H14O4. The van der Waals surface area contributed by atoms with Crippen LogP contribution in [0.25, 0.3) is 0 Å². The van der Waals surface area contributed by atoms with Crippen LogP contribution in [-0.2, 0) is 9.53 Å². The van der Waals surface area contributed by atoms with Gasteiger partial charge in [-0.1, -0.05) is 11.8 Å². The highest BCUT2D eigenvalue weighted by atomic mass is 16.5. The van der Waals surface area contributed by atoms with Crippen molar-refractivity contribution in [2.24, 2.45) is 0 Å². The molecule has 0 fully saturated rings. The normalized spacial score (nSPS) is 9.28. The number of hydrogen-bond donors (Lipinski definition) is 1. The number of hydrogen-bond acceptors (Lipinski definition) is 4. The lowest BCUT2D eigenvalue weighted by molar-refractivity contribution is -0.139. The van der Waals surface area contributed by atoms with Gasteiger partial charge in [-0.25, -0.2) is 0 Å². The van der Waals surface area contributed by atoms with E-state index in [0.717, 1.165) is 5.56 Å². The molecule has 0 heterocycles. The largest absolute Gasteiger partial charge is 0.507 e. The summed E-state index contributed by atoms with van der Waals surface area (Å²) in [5, 5.41) is 9.66. The highest BCUT2D eigenvalue weighted by Crippen LogP contribution is 2.22. The Bertz CT molecular complexity index is 547. The number of carbonyl (C=O) groups excluding carboxylic acids is 2. The second-order valence-electron chi connectivity index (χ2n) is 3.80. The lowest BCUT2D eigenvalue weighted by Crippen LogP contribution is -1.98. The van der Waals surface area contributed by atoms with Gasteiger partial charge in [-0.2, -0.15) is 0 Å². The molecule has 0 amide bonds. The van der Waals surface area contributed by atoms with Gasteiger partial charge in [0.2, 0.25) is 0 Å². The summed E-state index contributed by atoms with van der Waals surface area (Å²) in [4.78, 5) is 22.1. The van der Waals surface area contributed by atoms with Crippen LogP contribution >= 0.6 is 0 Å². The number of benzene rings is 1. The van der Waals surface area contributed by atoms with E-state index in [-0.39, 0.29) is 23.5 Å². The molecule has 1 rings (SSSR count). The molecule has 0 aromatic heterocycles. The summed E-state index contributed by atoms with van der Waals surface area (Å²) < 4.78 is 4.46. The number of aromatic hydroxyl groups is 1. The molecule has 4 heteroatoms. The van der Waals surface area contributed by atoms with Crippen molar-refractivity contribution < 1.29 is 19.4 Å². The van der Waals surface area contributed by atoms with Crippen LogP contribution in [0.5, 0.6) is 5.75 Å². The Morgan fingerprint density at radius 2 is 2.06 bits per heavy atom. The van der Waals surface area contributed by atoms with Crippen molar-refractivity contribution in [3.8, 4) is 17.6 Å². The predicted octanol–water partition coefficient (Wildman–Crippen LogP) is 1.82. The van der Waals surface area contributed by atoms with Crippen LogP contribution in [0.2, 0.25) is 0 Å². The number of aryl methyl sites for hydroxylation is 1. The van der Waals surface area contributed by atoms with Crippen molar-refractivity contribution in [2.45, 2.75) is 20.3 Å². The molecule has 18 heavy (non-hydrogen) atoms. The Labute approximate surface area is 106 Å². The van der Waals surface area contributed by atoms with E-state index in [1.165, 1.54) is 20.1 Å². The molecule has 0 atom stereocenters. The van der Waals surface area contributed by atoms with Gasteiger partial charge in [0.05, 0.1) is 12.7 Å². The van der Waals surface area contributed by atoms with Crippen molar-refractivity contribution in [3.05, 3.63) is 28.8 Å². The summed E-state index contributed by atoms with van der Waals surface area (Å²) in [6.45, 7) is 3.17. The van der Waals surface area contributed by atoms with Gasteiger partial charge in [-0.3, -0.25) is 9.59 Å². The quantitative estimate of drug-likeness (QED) is 0.491. The molecular weight excluding hydrogens is 232 g/mol. The number of ketones is 1. The van der Waals surface area contributed by atoms with Crippen LogP contribution < -0.4 is 0 Å². The lowest BCUT2D eigenvalue weighted by Gasteiger charge is -2.04. The fourth-order valence-corrected chi connectivity index (χ4v) is 1.40. The fraction of sp³-hybridized carbons (Fsp3) is 0.286. The summed E-state index contributed by atoms with van der Waals surface area (Å²) in [6, 6.07) is 3.01. The maximum atomic E-state index is 11.2. The minimum atomic E-state index is -0.412. The molecule has 0 saturated carbocycles. The molecule has 0 saturated heterocycles. The maximum absolute atomic E-state index is 11.2. The van der Waals surface area contributed by atoms with Crippen LogP contribution in [0.15, 0.2) is 12.1 Å². The second kappa shape index (κ2) is 5.87. The third-order valence-electron chi connectivity index (χ3n) is 2.41. The van der Waals surface area contributed by atoms with Crippen LogP contribution in [0.3, 0.4) is 0 Å². The average Bonchev–Trinajstić information content (AvgIpc) is 2.32. The van der Waals surface area contributed by atoms with Crippen molar-refractivity contribution in [2.75, 3.05) is 7.11 Å². The lowest BCUT2D eigenvalue weighted by atomic mass is 10.0. The van der Waals surface area contributed by atoms with E-state index in [2.05, 4.69) is 16.6 Å². The minimum absolute atomic E-state index is 0.00877. The third kappa shape index (κ3) is 3.36. The number of Topliss-reactive ketones (excluding diaryl/α,β-unsaturated/α-hetero) is 1. The smallest absolute Gasteiger partial charge is 0.317 e. The number of ether oxygens (including phenoxy) is 1. The van der Waals surface area contributed by atoms with Crippen molar-refractivity contribution >= 4 is 11.8 Å². The molecule has 0 aliphatic carbocycles. The monoisotopic (exact) mass is 246 g/mol. The first-order valence-electron chi connectivity index (χ1n) is 5.36. The molecule has 0 aliphatic heterocycles. The number of methoxy groups -OCH3 is 1. The molecule has 0 unspecified atom stereocenters. The average molecular weight is 246 g/mol. The zero-order valence-electron chi connectivity index (χ0n) is 10.5. The summed E-state index contributed by atoms with van der Waals surface area (Å²) in [5.74, 6) is 4.69. The summed E-state index contributed by atoms with van der Waals surface area (Å²) >= 11 is 0. The van der Waals surface area contributed by atoms with Gasteiger partial charge in [0.25, 0.3) is 0 Å². The van der Waals surface area contributed by atoms with E-state index in [9.17, 15) is 14.7 Å². The maximum Gasteiger partial charge on any atom is 0.317 e.